The third-order valence-electron chi connectivity index (χ3n) is 1.31. The minimum absolute atomic E-state index is 0.402. The zero-order chi connectivity index (χ0) is 8.85. The van der Waals surface area contributed by atoms with Crippen LogP contribution in [-0.4, -0.2) is 5.71 Å². The summed E-state index contributed by atoms with van der Waals surface area (Å²) in [6.45, 7) is 10.9. The average molecular weight is 148 g/mol. The molecule has 2 nitrogen and oxygen atoms in total. The molecule has 0 spiro atoms. The zero-order valence-corrected chi connectivity index (χ0v) is 7.02. The topological polar surface area (TPSA) is 36.1 Å². The second-order valence-corrected chi connectivity index (χ2v) is 2.21. The van der Waals surface area contributed by atoms with Gasteiger partial charge < -0.3 is 0 Å². The summed E-state index contributed by atoms with van der Waals surface area (Å²) in [6.07, 6.45) is 0.802. The fourth-order valence-corrected chi connectivity index (χ4v) is 0.465. The van der Waals surface area contributed by atoms with E-state index in [9.17, 15) is 0 Å². The maximum Gasteiger partial charge on any atom is 0.100 e. The molecule has 0 atom stereocenters. The second-order valence-electron chi connectivity index (χ2n) is 2.21. The lowest BCUT2D eigenvalue weighted by Gasteiger charge is -1.96. The van der Waals surface area contributed by atoms with Gasteiger partial charge in [0.25, 0.3) is 0 Å². The monoisotopic (exact) mass is 148 g/mol. The van der Waals surface area contributed by atoms with E-state index in [0.29, 0.717) is 11.3 Å². The van der Waals surface area contributed by atoms with Gasteiger partial charge in [-0.2, -0.15) is 5.26 Å². The number of rotatable bonds is 3. The Morgan fingerprint density at radius 1 is 1.55 bits per heavy atom. The Kier molecular flexibility index (Phi) is 3.90. The van der Waals surface area contributed by atoms with Crippen LogP contribution in [0, 0.1) is 11.3 Å². The molecule has 0 aromatic carbocycles. The largest absolute Gasteiger partial charge is 0.257 e. The highest BCUT2D eigenvalue weighted by atomic mass is 14.7. The highest BCUT2D eigenvalue weighted by molar-refractivity contribution is 6.01. The Labute approximate surface area is 67.6 Å². The van der Waals surface area contributed by atoms with Crippen molar-refractivity contribution < 1.29 is 0 Å². The molecule has 0 rings (SSSR count). The summed E-state index contributed by atoms with van der Waals surface area (Å²) in [5, 5.41) is 8.43. The lowest BCUT2D eigenvalue weighted by molar-refractivity contribution is 1.08. The van der Waals surface area contributed by atoms with E-state index in [1.54, 1.807) is 6.92 Å². The number of allylic oxidation sites excluding steroid dienone is 2. The molecule has 0 heterocycles. The van der Waals surface area contributed by atoms with Gasteiger partial charge in [-0.25, -0.2) is 0 Å². The molecule has 0 N–H and O–H groups in total. The van der Waals surface area contributed by atoms with Crippen LogP contribution in [0.2, 0.25) is 0 Å². The summed E-state index contributed by atoms with van der Waals surface area (Å²) in [6, 6.07) is 1.93. The molecule has 0 radical (unpaired) electrons. The Morgan fingerprint density at radius 3 is 2.45 bits per heavy atom. The van der Waals surface area contributed by atoms with Crippen LogP contribution in [0.15, 0.2) is 29.4 Å². The predicted octanol–water partition coefficient (Wildman–Crippen LogP) is 2.45. The Hall–Kier alpha value is -1.36. The van der Waals surface area contributed by atoms with E-state index < -0.39 is 0 Å². The van der Waals surface area contributed by atoms with Crippen molar-refractivity contribution in [3.63, 3.8) is 0 Å². The number of hydrogen-bond acceptors (Lipinski definition) is 2. The first-order valence-electron chi connectivity index (χ1n) is 3.44. The highest BCUT2D eigenvalue weighted by Crippen LogP contribution is 2.02. The molecule has 11 heavy (non-hydrogen) atoms. The van der Waals surface area contributed by atoms with Gasteiger partial charge in [0, 0.05) is 5.70 Å². The quantitative estimate of drug-likeness (QED) is 0.447. The second kappa shape index (κ2) is 4.45. The molecule has 0 aromatic rings. The van der Waals surface area contributed by atoms with Crippen molar-refractivity contribution in [1.82, 2.24) is 0 Å². The van der Waals surface area contributed by atoms with Crippen molar-refractivity contribution in [2.24, 2.45) is 4.99 Å². The lowest BCUT2D eigenvalue weighted by atomic mass is 10.2. The van der Waals surface area contributed by atoms with Crippen molar-refractivity contribution in [2.75, 3.05) is 0 Å². The molecule has 0 aromatic heterocycles. The molecule has 0 saturated carbocycles. The van der Waals surface area contributed by atoms with Gasteiger partial charge >= 0.3 is 0 Å². The van der Waals surface area contributed by atoms with Gasteiger partial charge in [0.1, 0.15) is 6.07 Å². The van der Waals surface area contributed by atoms with Crippen LogP contribution in [-0.2, 0) is 0 Å². The van der Waals surface area contributed by atoms with Crippen LogP contribution < -0.4 is 0 Å². The van der Waals surface area contributed by atoms with Crippen molar-refractivity contribution in [3.05, 3.63) is 24.4 Å². The van der Waals surface area contributed by atoms with E-state index >= 15 is 0 Å². The Bertz CT molecular complexity index is 241. The first-order valence-corrected chi connectivity index (χ1v) is 3.44. The van der Waals surface area contributed by atoms with E-state index in [0.717, 1.165) is 12.1 Å². The summed E-state index contributed by atoms with van der Waals surface area (Å²) >= 11 is 0. The number of aliphatic imine (C=N–C) groups is 1. The van der Waals surface area contributed by atoms with Gasteiger partial charge in [-0.3, -0.25) is 4.99 Å². The first-order chi connectivity index (χ1) is 5.11. The molecule has 0 saturated heterocycles. The van der Waals surface area contributed by atoms with Crippen LogP contribution >= 0.6 is 0 Å². The van der Waals surface area contributed by atoms with Crippen LogP contribution in [0.1, 0.15) is 20.3 Å². The summed E-state index contributed by atoms with van der Waals surface area (Å²) in [5.41, 5.74) is 1.83. The fourth-order valence-electron chi connectivity index (χ4n) is 0.465. The zero-order valence-electron chi connectivity index (χ0n) is 7.02. The highest BCUT2D eigenvalue weighted by Gasteiger charge is 1.95. The maximum atomic E-state index is 8.43. The smallest absolute Gasteiger partial charge is 0.100 e. The lowest BCUT2D eigenvalue weighted by Crippen LogP contribution is -1.93. The Balaban J connectivity index is 4.37. The predicted molar refractivity (Wildman–Crippen MR) is 47.3 cm³/mol. The molecule has 0 bridgehead atoms. The molecule has 0 aliphatic rings. The van der Waals surface area contributed by atoms with Crippen LogP contribution in [0.3, 0.4) is 0 Å². The molecular formula is C9H12N2. The molecule has 0 fully saturated rings. The molecule has 0 unspecified atom stereocenters. The minimum atomic E-state index is 0.402. The summed E-state index contributed by atoms with van der Waals surface area (Å²) in [5.74, 6) is 0. The average Bonchev–Trinajstić information content (AvgIpc) is 2.02. The number of nitriles is 1. The molecular weight excluding hydrogens is 136 g/mol. The van der Waals surface area contributed by atoms with E-state index in [1.165, 1.54) is 0 Å². The fraction of sp³-hybridized carbons (Fsp3) is 0.333. The maximum absolute atomic E-state index is 8.43. The van der Waals surface area contributed by atoms with Crippen LogP contribution in [0.25, 0.3) is 0 Å². The third kappa shape index (κ3) is 3.36. The number of hydrogen-bond donors (Lipinski definition) is 0. The van der Waals surface area contributed by atoms with Crippen molar-refractivity contribution in [2.45, 2.75) is 20.3 Å². The van der Waals surface area contributed by atoms with Gasteiger partial charge in [-0.15, -0.1) is 0 Å². The summed E-state index contributed by atoms with van der Waals surface area (Å²) < 4.78 is 0. The van der Waals surface area contributed by atoms with E-state index in [-0.39, 0.29) is 0 Å². The van der Waals surface area contributed by atoms with Crippen LogP contribution in [0.4, 0.5) is 0 Å². The molecule has 0 aliphatic carbocycles. The minimum Gasteiger partial charge on any atom is -0.257 e. The molecule has 2 heteroatoms. The summed E-state index contributed by atoms with van der Waals surface area (Å²) in [7, 11) is 0. The van der Waals surface area contributed by atoms with Gasteiger partial charge in [0.15, 0.2) is 0 Å². The third-order valence-corrected chi connectivity index (χ3v) is 1.31. The SMILES string of the molecule is C=C(CC)N=C(C)C(=C)C#N. The van der Waals surface area contributed by atoms with Crippen LogP contribution in [0.5, 0.6) is 0 Å². The van der Waals surface area contributed by atoms with E-state index in [4.69, 9.17) is 5.26 Å². The van der Waals surface area contributed by atoms with E-state index in [1.807, 2.05) is 13.0 Å². The van der Waals surface area contributed by atoms with Gasteiger partial charge in [-0.1, -0.05) is 20.1 Å². The standard InChI is InChI=1S/C9H12N2/c1-5-8(3)11-9(4)7(2)6-10/h2-3,5H2,1,4H3. The number of nitrogens with zero attached hydrogens (tertiary/aromatic N) is 2. The van der Waals surface area contributed by atoms with Gasteiger partial charge in [0.2, 0.25) is 0 Å². The van der Waals surface area contributed by atoms with E-state index in [2.05, 4.69) is 18.2 Å². The molecule has 58 valence electrons. The first kappa shape index (κ1) is 9.64. The van der Waals surface area contributed by atoms with Crippen molar-refractivity contribution in [1.29, 1.82) is 5.26 Å². The van der Waals surface area contributed by atoms with Gasteiger partial charge in [0.05, 0.1) is 11.3 Å². The van der Waals surface area contributed by atoms with Crippen molar-refractivity contribution >= 4 is 5.71 Å². The van der Waals surface area contributed by atoms with Crippen molar-refractivity contribution in [3.8, 4) is 6.07 Å². The summed E-state index contributed by atoms with van der Waals surface area (Å²) in [4.78, 5) is 4.07. The Morgan fingerprint density at radius 2 is 2.09 bits per heavy atom. The normalized spacial score (nSPS) is 10.5. The molecule has 0 amide bonds. The molecule has 0 aliphatic heterocycles. The van der Waals surface area contributed by atoms with Gasteiger partial charge in [-0.05, 0) is 13.3 Å².